The van der Waals surface area contributed by atoms with E-state index < -0.39 is 17.4 Å². The van der Waals surface area contributed by atoms with Crippen molar-refractivity contribution in [1.29, 1.82) is 0 Å². The van der Waals surface area contributed by atoms with E-state index in [1.807, 2.05) is 36.4 Å². The number of imide groups is 1. The lowest BCUT2D eigenvalue weighted by Gasteiger charge is -2.32. The lowest BCUT2D eigenvalue weighted by molar-refractivity contribution is -0.145. The molecule has 4 aliphatic rings. The molecule has 7 nitrogen and oxygen atoms in total. The highest BCUT2D eigenvalue weighted by molar-refractivity contribution is 6.15. The van der Waals surface area contributed by atoms with Gasteiger partial charge >= 0.3 is 0 Å². The number of hydrogen-bond donors (Lipinski definition) is 3. The summed E-state index contributed by atoms with van der Waals surface area (Å²) in [6.07, 6.45) is 6.44. The molecule has 1 spiro atoms. The number of para-hydroxylation sites is 1. The summed E-state index contributed by atoms with van der Waals surface area (Å²) in [5.74, 6) is -1.83. The number of hydrogen-bond acceptors (Lipinski definition) is 5. The maximum Gasteiger partial charge on any atom is 0.250 e. The van der Waals surface area contributed by atoms with Crippen molar-refractivity contribution in [2.45, 2.75) is 62.6 Å². The van der Waals surface area contributed by atoms with Crippen molar-refractivity contribution in [1.82, 2.24) is 10.2 Å². The number of likely N-dealkylation sites (tertiary alicyclic amines) is 1. The summed E-state index contributed by atoms with van der Waals surface area (Å²) in [6.45, 7) is 0. The molecule has 0 radical (unpaired) electrons. The second-order valence-electron chi connectivity index (χ2n) is 10.1. The number of nitrogens with one attached hydrogen (secondary N) is 2. The topological polar surface area (TPSA) is 98.7 Å². The van der Waals surface area contributed by atoms with Crippen LogP contribution in [-0.4, -0.2) is 39.8 Å². The van der Waals surface area contributed by atoms with Crippen molar-refractivity contribution in [2.24, 2.45) is 11.8 Å². The number of aromatic hydroxyl groups is 1. The van der Waals surface area contributed by atoms with Crippen LogP contribution in [0, 0.1) is 11.8 Å². The predicted molar refractivity (Wildman–Crippen MR) is 126 cm³/mol. The minimum absolute atomic E-state index is 0.0841. The largest absolute Gasteiger partial charge is 0.508 e. The van der Waals surface area contributed by atoms with E-state index in [9.17, 15) is 19.5 Å². The molecule has 34 heavy (non-hydrogen) atoms. The minimum Gasteiger partial charge on any atom is -0.508 e. The van der Waals surface area contributed by atoms with Crippen LogP contribution in [0.5, 0.6) is 5.75 Å². The van der Waals surface area contributed by atoms with E-state index in [1.165, 1.54) is 4.90 Å². The molecule has 3 fully saturated rings. The van der Waals surface area contributed by atoms with Crippen LogP contribution in [0.25, 0.3) is 0 Å². The highest BCUT2D eigenvalue weighted by Crippen LogP contribution is 2.54. The number of anilines is 1. The van der Waals surface area contributed by atoms with Gasteiger partial charge in [0.25, 0.3) is 0 Å². The number of amides is 3. The fourth-order valence-corrected chi connectivity index (χ4v) is 6.72. The second-order valence-corrected chi connectivity index (χ2v) is 10.1. The highest BCUT2D eigenvalue weighted by atomic mass is 16.3. The molecule has 0 aromatic heterocycles. The fourth-order valence-electron chi connectivity index (χ4n) is 6.72. The Morgan fingerprint density at radius 2 is 1.62 bits per heavy atom. The molecule has 2 saturated heterocycles. The maximum atomic E-state index is 14.0. The van der Waals surface area contributed by atoms with Gasteiger partial charge in [0, 0.05) is 23.3 Å². The summed E-state index contributed by atoms with van der Waals surface area (Å²) in [4.78, 5) is 43.0. The number of rotatable bonds is 3. The number of fused-ring (bicyclic) bond motifs is 4. The molecule has 7 heteroatoms. The zero-order valence-electron chi connectivity index (χ0n) is 19.0. The van der Waals surface area contributed by atoms with E-state index in [2.05, 4.69) is 10.6 Å². The van der Waals surface area contributed by atoms with E-state index in [1.54, 1.807) is 12.1 Å². The zero-order valence-corrected chi connectivity index (χ0v) is 19.0. The van der Waals surface area contributed by atoms with Crippen LogP contribution in [-0.2, 0) is 26.3 Å². The lowest BCUT2D eigenvalue weighted by atomic mass is 9.76. The van der Waals surface area contributed by atoms with Gasteiger partial charge < -0.3 is 10.4 Å². The molecular formula is C27H29N3O4. The first-order chi connectivity index (χ1) is 16.5. The average molecular weight is 460 g/mol. The van der Waals surface area contributed by atoms with Gasteiger partial charge in [-0.15, -0.1) is 0 Å². The monoisotopic (exact) mass is 459 g/mol. The van der Waals surface area contributed by atoms with E-state index in [0.29, 0.717) is 12.1 Å². The average Bonchev–Trinajstić information content (AvgIpc) is 3.29. The Hall–Kier alpha value is -3.19. The summed E-state index contributed by atoms with van der Waals surface area (Å²) >= 11 is 0. The predicted octanol–water partition coefficient (Wildman–Crippen LogP) is 3.08. The third-order valence-electron chi connectivity index (χ3n) is 8.24. The normalized spacial score (nSPS) is 31.0. The Morgan fingerprint density at radius 1 is 0.912 bits per heavy atom. The Kier molecular flexibility index (Phi) is 4.99. The van der Waals surface area contributed by atoms with Crippen molar-refractivity contribution < 1.29 is 19.5 Å². The van der Waals surface area contributed by atoms with Crippen LogP contribution in [0.2, 0.25) is 0 Å². The number of benzene rings is 2. The maximum absolute atomic E-state index is 14.0. The molecule has 0 bridgehead atoms. The van der Waals surface area contributed by atoms with Crippen molar-refractivity contribution >= 4 is 23.4 Å². The molecule has 2 aromatic carbocycles. The molecule has 4 atom stereocenters. The summed E-state index contributed by atoms with van der Waals surface area (Å²) in [5.41, 5.74) is 1.12. The van der Waals surface area contributed by atoms with E-state index in [4.69, 9.17) is 0 Å². The van der Waals surface area contributed by atoms with E-state index in [-0.39, 0.29) is 35.6 Å². The van der Waals surface area contributed by atoms with Crippen molar-refractivity contribution in [2.75, 3.05) is 5.32 Å². The second kappa shape index (κ2) is 7.94. The van der Waals surface area contributed by atoms with E-state index >= 15 is 0 Å². The number of carbonyl (C=O) groups excluding carboxylic acids is 3. The fraction of sp³-hybridized carbons (Fsp3) is 0.444. The standard InChI is InChI=1S/C27H29N3O4/c31-18-13-11-16(12-14-18)15-21-22-23(25(33)30(24(22)32)17-7-3-1-2-4-8-17)27(29-21)19-9-5-6-10-20(19)28-26(27)34/h5-6,9-14,17,21-23,29,31H,1-4,7-8,15H2,(H,28,34)/t21-,22-,23+,27+/m1/s1. The van der Waals surface area contributed by atoms with Gasteiger partial charge in [-0.05, 0) is 43.0 Å². The van der Waals surface area contributed by atoms with Crippen molar-refractivity contribution in [3.8, 4) is 5.75 Å². The smallest absolute Gasteiger partial charge is 0.250 e. The van der Waals surface area contributed by atoms with Crippen LogP contribution in [0.4, 0.5) is 5.69 Å². The lowest BCUT2D eigenvalue weighted by Crippen LogP contribution is -2.54. The van der Waals surface area contributed by atoms with Gasteiger partial charge in [0.15, 0.2) is 0 Å². The molecule has 3 aliphatic heterocycles. The van der Waals surface area contributed by atoms with Crippen LogP contribution in [0.15, 0.2) is 48.5 Å². The Balaban J connectivity index is 1.44. The number of carbonyl (C=O) groups is 3. The SMILES string of the molecule is O=C1[C@H]2[C@@H](C(=O)N1C1CCCCCC1)[C@]1(N[C@@H]2Cc2ccc(O)cc2)C(=O)Nc2ccccc21. The van der Waals surface area contributed by atoms with Gasteiger partial charge in [0.05, 0.1) is 11.8 Å². The third kappa shape index (κ3) is 3.03. The van der Waals surface area contributed by atoms with Gasteiger partial charge in [-0.25, -0.2) is 0 Å². The summed E-state index contributed by atoms with van der Waals surface area (Å²) in [6, 6.07) is 13.9. The van der Waals surface area contributed by atoms with E-state index in [0.717, 1.165) is 49.7 Å². The molecule has 3 amide bonds. The Morgan fingerprint density at radius 3 is 2.35 bits per heavy atom. The first-order valence-electron chi connectivity index (χ1n) is 12.3. The molecule has 176 valence electrons. The Bertz CT molecular complexity index is 1150. The van der Waals surface area contributed by atoms with Crippen LogP contribution < -0.4 is 10.6 Å². The minimum atomic E-state index is -1.25. The van der Waals surface area contributed by atoms with Gasteiger partial charge in [-0.3, -0.25) is 24.6 Å². The van der Waals surface area contributed by atoms with Gasteiger partial charge in [0.2, 0.25) is 17.7 Å². The summed E-state index contributed by atoms with van der Waals surface area (Å²) < 4.78 is 0. The zero-order chi connectivity index (χ0) is 23.4. The Labute approximate surface area is 198 Å². The molecule has 1 aliphatic carbocycles. The number of nitrogens with zero attached hydrogens (tertiary/aromatic N) is 1. The van der Waals surface area contributed by atoms with Crippen LogP contribution in [0.3, 0.4) is 0 Å². The molecular weight excluding hydrogens is 430 g/mol. The quantitative estimate of drug-likeness (QED) is 0.484. The molecule has 2 aromatic rings. The highest BCUT2D eigenvalue weighted by Gasteiger charge is 2.70. The van der Waals surface area contributed by atoms with Crippen molar-refractivity contribution in [3.63, 3.8) is 0 Å². The molecule has 6 rings (SSSR count). The molecule has 3 N–H and O–H groups in total. The number of phenolic OH excluding ortho intramolecular Hbond substituents is 1. The van der Waals surface area contributed by atoms with Crippen molar-refractivity contribution in [3.05, 3.63) is 59.7 Å². The first kappa shape index (κ1) is 21.4. The van der Waals surface area contributed by atoms with Gasteiger partial charge in [-0.2, -0.15) is 0 Å². The summed E-state index contributed by atoms with van der Waals surface area (Å²) in [5, 5.41) is 16.1. The van der Waals surface area contributed by atoms with Gasteiger partial charge in [-0.1, -0.05) is 56.0 Å². The molecule has 1 saturated carbocycles. The third-order valence-corrected chi connectivity index (χ3v) is 8.24. The molecule has 3 heterocycles. The van der Waals surface area contributed by atoms with Crippen LogP contribution >= 0.6 is 0 Å². The number of phenols is 1. The summed E-state index contributed by atoms with van der Waals surface area (Å²) in [7, 11) is 0. The van der Waals surface area contributed by atoms with Crippen LogP contribution in [0.1, 0.15) is 49.7 Å². The first-order valence-corrected chi connectivity index (χ1v) is 12.3. The molecule has 0 unspecified atom stereocenters. The van der Waals surface area contributed by atoms with Gasteiger partial charge in [0.1, 0.15) is 11.3 Å².